The molecule has 22 heavy (non-hydrogen) atoms. The second kappa shape index (κ2) is 6.60. The Labute approximate surface area is 129 Å². The zero-order valence-corrected chi connectivity index (χ0v) is 12.9. The summed E-state index contributed by atoms with van der Waals surface area (Å²) in [4.78, 5) is 37.8. The average molecular weight is 303 g/mol. The normalized spacial score (nSPS) is 20.5. The number of amides is 4. The van der Waals surface area contributed by atoms with Gasteiger partial charge in [0.25, 0.3) is 5.91 Å². The number of urea groups is 1. The second-order valence-electron chi connectivity index (χ2n) is 5.25. The zero-order valence-electron chi connectivity index (χ0n) is 12.9. The smallest absolute Gasteiger partial charge is 0.322 e. The predicted molar refractivity (Wildman–Crippen MR) is 82.0 cm³/mol. The van der Waals surface area contributed by atoms with E-state index in [-0.39, 0.29) is 18.7 Å². The van der Waals surface area contributed by atoms with E-state index < -0.39 is 17.5 Å². The molecule has 0 aromatic heterocycles. The summed E-state index contributed by atoms with van der Waals surface area (Å²) in [5, 5.41) is 4.97. The van der Waals surface area contributed by atoms with Gasteiger partial charge in [-0.2, -0.15) is 0 Å². The van der Waals surface area contributed by atoms with Crippen LogP contribution in [-0.2, 0) is 15.1 Å². The summed E-state index contributed by atoms with van der Waals surface area (Å²) in [5.41, 5.74) is -0.480. The van der Waals surface area contributed by atoms with Crippen LogP contribution in [0.1, 0.15) is 32.3 Å². The number of carbonyl (C=O) groups is 3. The highest BCUT2D eigenvalue weighted by Crippen LogP contribution is 2.30. The molecule has 2 rings (SSSR count). The van der Waals surface area contributed by atoms with Crippen molar-refractivity contribution in [3.8, 4) is 0 Å². The molecule has 1 fully saturated rings. The van der Waals surface area contributed by atoms with E-state index in [1.54, 1.807) is 29.2 Å². The summed E-state index contributed by atoms with van der Waals surface area (Å²) in [6, 6.07) is 8.50. The number of hydrogen-bond acceptors (Lipinski definition) is 3. The van der Waals surface area contributed by atoms with Gasteiger partial charge in [-0.3, -0.25) is 14.9 Å². The molecule has 4 amide bonds. The fourth-order valence-electron chi connectivity index (χ4n) is 2.77. The van der Waals surface area contributed by atoms with Gasteiger partial charge in [0.05, 0.1) is 0 Å². The maximum atomic E-state index is 12.3. The minimum atomic E-state index is -1.17. The predicted octanol–water partition coefficient (Wildman–Crippen LogP) is 1.37. The van der Waals surface area contributed by atoms with Gasteiger partial charge < -0.3 is 10.2 Å². The first-order valence-corrected chi connectivity index (χ1v) is 7.50. The maximum Gasteiger partial charge on any atom is 0.322 e. The molecule has 0 aliphatic carbocycles. The van der Waals surface area contributed by atoms with Gasteiger partial charge in [0.1, 0.15) is 5.54 Å². The van der Waals surface area contributed by atoms with Crippen molar-refractivity contribution >= 4 is 17.8 Å². The van der Waals surface area contributed by atoms with E-state index >= 15 is 0 Å². The molecule has 6 heteroatoms. The van der Waals surface area contributed by atoms with Gasteiger partial charge in [-0.15, -0.1) is 0 Å². The molecule has 1 heterocycles. The Bertz CT molecular complexity index is 569. The van der Waals surface area contributed by atoms with Crippen LogP contribution >= 0.6 is 0 Å². The van der Waals surface area contributed by atoms with Crippen LogP contribution in [0.25, 0.3) is 0 Å². The Morgan fingerprint density at radius 2 is 1.77 bits per heavy atom. The molecule has 1 aliphatic rings. The second-order valence-corrected chi connectivity index (χ2v) is 5.25. The first-order valence-electron chi connectivity index (χ1n) is 7.50. The van der Waals surface area contributed by atoms with Gasteiger partial charge in [0.2, 0.25) is 5.91 Å². The van der Waals surface area contributed by atoms with E-state index in [9.17, 15) is 14.4 Å². The molecule has 118 valence electrons. The number of carbonyl (C=O) groups excluding carboxylic acids is 3. The number of benzene rings is 1. The van der Waals surface area contributed by atoms with Gasteiger partial charge in [0.15, 0.2) is 0 Å². The van der Waals surface area contributed by atoms with Gasteiger partial charge in [-0.05, 0) is 25.8 Å². The van der Waals surface area contributed by atoms with Gasteiger partial charge in [-0.25, -0.2) is 4.79 Å². The molecule has 2 N–H and O–H groups in total. The van der Waals surface area contributed by atoms with E-state index in [1.165, 1.54) is 0 Å². The molecule has 1 aromatic carbocycles. The van der Waals surface area contributed by atoms with Crippen molar-refractivity contribution in [2.75, 3.05) is 13.1 Å². The lowest BCUT2D eigenvalue weighted by Gasteiger charge is -2.27. The summed E-state index contributed by atoms with van der Waals surface area (Å²) in [6.45, 7) is 5.09. The summed E-state index contributed by atoms with van der Waals surface area (Å²) in [5.74, 6) is -0.426. The Balaban J connectivity index is 2.22. The van der Waals surface area contributed by atoms with E-state index in [0.717, 1.165) is 0 Å². The maximum absolute atomic E-state index is 12.3. The standard InChI is InChI=1S/C16H21N3O3/c1-3-19(4-2)13(20)10-11-16(12-8-6-5-7-9-12)14(21)17-15(22)18-16/h5-9H,3-4,10-11H2,1-2H3,(H2,17,18,21,22). The molecule has 1 aliphatic heterocycles. The van der Waals surface area contributed by atoms with Crippen LogP contribution in [0.3, 0.4) is 0 Å². The fourth-order valence-corrected chi connectivity index (χ4v) is 2.77. The van der Waals surface area contributed by atoms with Crippen LogP contribution in [0.15, 0.2) is 30.3 Å². The lowest BCUT2D eigenvalue weighted by Crippen LogP contribution is -2.45. The van der Waals surface area contributed by atoms with Crippen molar-refractivity contribution in [3.63, 3.8) is 0 Å². The van der Waals surface area contributed by atoms with Gasteiger partial charge in [-0.1, -0.05) is 30.3 Å². The number of imide groups is 1. The molecule has 1 atom stereocenters. The minimum Gasteiger partial charge on any atom is -0.343 e. The SMILES string of the molecule is CCN(CC)C(=O)CCC1(c2ccccc2)NC(=O)NC1=O. The third-order valence-electron chi connectivity index (χ3n) is 4.04. The first-order chi connectivity index (χ1) is 10.5. The molecule has 0 spiro atoms. The van der Waals surface area contributed by atoms with Crippen molar-refractivity contribution in [2.24, 2.45) is 0 Å². The van der Waals surface area contributed by atoms with Crippen molar-refractivity contribution in [3.05, 3.63) is 35.9 Å². The van der Waals surface area contributed by atoms with Crippen LogP contribution in [0, 0.1) is 0 Å². The van der Waals surface area contributed by atoms with Gasteiger partial charge >= 0.3 is 6.03 Å². The Hall–Kier alpha value is -2.37. The van der Waals surface area contributed by atoms with Gasteiger partial charge in [0, 0.05) is 19.5 Å². The largest absolute Gasteiger partial charge is 0.343 e. The molecular formula is C16H21N3O3. The number of hydrogen-bond donors (Lipinski definition) is 2. The molecule has 0 radical (unpaired) electrons. The van der Waals surface area contributed by atoms with Crippen LogP contribution < -0.4 is 10.6 Å². The van der Waals surface area contributed by atoms with Crippen molar-refractivity contribution < 1.29 is 14.4 Å². The van der Waals surface area contributed by atoms with Crippen LogP contribution in [-0.4, -0.2) is 35.8 Å². The molecule has 0 saturated carbocycles. The van der Waals surface area contributed by atoms with Crippen LogP contribution in [0.4, 0.5) is 4.79 Å². The summed E-state index contributed by atoms with van der Waals surface area (Å²) < 4.78 is 0. The molecule has 6 nitrogen and oxygen atoms in total. The number of rotatable bonds is 6. The topological polar surface area (TPSA) is 78.5 Å². The summed E-state index contributed by atoms with van der Waals surface area (Å²) >= 11 is 0. The third-order valence-corrected chi connectivity index (χ3v) is 4.04. The van der Waals surface area contributed by atoms with Crippen molar-refractivity contribution in [2.45, 2.75) is 32.2 Å². The Kier molecular flexibility index (Phi) is 4.80. The highest BCUT2D eigenvalue weighted by Gasteiger charge is 2.47. The van der Waals surface area contributed by atoms with Crippen LogP contribution in [0.5, 0.6) is 0 Å². The third kappa shape index (κ3) is 2.95. The van der Waals surface area contributed by atoms with E-state index in [0.29, 0.717) is 18.7 Å². The van der Waals surface area contributed by atoms with Crippen LogP contribution in [0.2, 0.25) is 0 Å². The van der Waals surface area contributed by atoms with Crippen molar-refractivity contribution in [1.82, 2.24) is 15.5 Å². The van der Waals surface area contributed by atoms with E-state index in [1.807, 2.05) is 19.9 Å². The lowest BCUT2D eigenvalue weighted by molar-refractivity contribution is -0.131. The molecule has 0 bridgehead atoms. The minimum absolute atomic E-state index is 0.0192. The monoisotopic (exact) mass is 303 g/mol. The fraction of sp³-hybridized carbons (Fsp3) is 0.438. The molecule has 1 aromatic rings. The molecule has 1 saturated heterocycles. The quantitative estimate of drug-likeness (QED) is 0.779. The molecule has 1 unspecified atom stereocenters. The highest BCUT2D eigenvalue weighted by atomic mass is 16.2. The average Bonchev–Trinajstić information content (AvgIpc) is 2.82. The summed E-state index contributed by atoms with van der Waals surface area (Å²) in [7, 11) is 0. The Morgan fingerprint density at radius 1 is 1.14 bits per heavy atom. The number of nitrogens with one attached hydrogen (secondary N) is 2. The molecular weight excluding hydrogens is 282 g/mol. The Morgan fingerprint density at radius 3 is 2.27 bits per heavy atom. The summed E-state index contributed by atoms with van der Waals surface area (Å²) in [6.07, 6.45) is 0.439. The van der Waals surface area contributed by atoms with E-state index in [2.05, 4.69) is 10.6 Å². The van der Waals surface area contributed by atoms with E-state index in [4.69, 9.17) is 0 Å². The zero-order chi connectivity index (χ0) is 16.2. The number of nitrogens with zero attached hydrogens (tertiary/aromatic N) is 1. The highest BCUT2D eigenvalue weighted by molar-refractivity contribution is 6.07. The van der Waals surface area contributed by atoms with Crippen molar-refractivity contribution in [1.29, 1.82) is 0 Å². The first kappa shape index (κ1) is 16.0. The lowest BCUT2D eigenvalue weighted by atomic mass is 9.85.